The molecule has 0 unspecified atom stereocenters. The summed E-state index contributed by atoms with van der Waals surface area (Å²) in [5.41, 5.74) is 1.04. The molecular formula is C12H15ClO2. The minimum atomic E-state index is -0.761. The average molecular weight is 227 g/mol. The Balaban J connectivity index is 2.88. The van der Waals surface area contributed by atoms with Crippen molar-refractivity contribution in [1.29, 1.82) is 0 Å². The lowest BCUT2D eigenvalue weighted by Gasteiger charge is -2.19. The van der Waals surface area contributed by atoms with Crippen molar-refractivity contribution < 1.29 is 9.90 Å². The van der Waals surface area contributed by atoms with E-state index in [-0.39, 0.29) is 12.3 Å². The smallest absolute Gasteiger partial charge is 0.303 e. The molecule has 0 aliphatic heterocycles. The number of rotatable bonds is 4. The first-order valence-corrected chi connectivity index (χ1v) is 5.35. The van der Waals surface area contributed by atoms with Crippen LogP contribution in [0.4, 0.5) is 0 Å². The van der Waals surface area contributed by atoms with Gasteiger partial charge in [-0.3, -0.25) is 4.79 Å². The van der Waals surface area contributed by atoms with Crippen LogP contribution in [0.3, 0.4) is 0 Å². The Morgan fingerprint density at radius 1 is 1.33 bits per heavy atom. The van der Waals surface area contributed by atoms with Gasteiger partial charge in [-0.05, 0) is 29.5 Å². The zero-order valence-electron chi connectivity index (χ0n) is 8.90. The maximum atomic E-state index is 10.7. The molecule has 0 radical (unpaired) electrons. The zero-order valence-corrected chi connectivity index (χ0v) is 9.66. The molecule has 2 nitrogen and oxygen atoms in total. The minimum absolute atomic E-state index is 0.0553. The van der Waals surface area contributed by atoms with Crippen LogP contribution in [0.2, 0.25) is 5.02 Å². The molecule has 0 saturated heterocycles. The van der Waals surface area contributed by atoms with Gasteiger partial charge >= 0.3 is 5.97 Å². The summed E-state index contributed by atoms with van der Waals surface area (Å²) in [6.07, 6.45) is 0.166. The molecule has 1 aromatic carbocycles. The van der Waals surface area contributed by atoms with Crippen LogP contribution < -0.4 is 0 Å². The van der Waals surface area contributed by atoms with E-state index in [1.807, 2.05) is 26.0 Å². The van der Waals surface area contributed by atoms with Gasteiger partial charge < -0.3 is 5.11 Å². The SMILES string of the molecule is CC(C)[C@@H](CC(=O)O)c1ccc(Cl)cc1. The second kappa shape index (κ2) is 5.17. The summed E-state index contributed by atoms with van der Waals surface area (Å²) in [6.45, 7) is 4.06. The predicted molar refractivity (Wildman–Crippen MR) is 61.3 cm³/mol. The first kappa shape index (κ1) is 12.1. The third-order valence-electron chi connectivity index (χ3n) is 2.50. The van der Waals surface area contributed by atoms with Gasteiger partial charge in [0.1, 0.15) is 0 Å². The third kappa shape index (κ3) is 3.56. The van der Waals surface area contributed by atoms with Crippen molar-refractivity contribution in [3.05, 3.63) is 34.9 Å². The Labute approximate surface area is 94.9 Å². The predicted octanol–water partition coefficient (Wildman–Crippen LogP) is 3.55. The largest absolute Gasteiger partial charge is 0.481 e. The summed E-state index contributed by atoms with van der Waals surface area (Å²) >= 11 is 5.79. The molecule has 1 N–H and O–H groups in total. The van der Waals surface area contributed by atoms with Gasteiger partial charge in [0.25, 0.3) is 0 Å². The standard InChI is InChI=1S/C12H15ClO2/c1-8(2)11(7-12(14)15)9-3-5-10(13)6-4-9/h3-6,8,11H,7H2,1-2H3,(H,14,15)/t11-/m1/s1. The van der Waals surface area contributed by atoms with E-state index in [0.29, 0.717) is 10.9 Å². The van der Waals surface area contributed by atoms with Gasteiger partial charge in [0, 0.05) is 5.02 Å². The number of halogens is 1. The van der Waals surface area contributed by atoms with Gasteiger partial charge in [0.2, 0.25) is 0 Å². The fourth-order valence-electron chi connectivity index (χ4n) is 1.64. The van der Waals surface area contributed by atoms with Gasteiger partial charge in [-0.2, -0.15) is 0 Å². The molecule has 0 heterocycles. The van der Waals surface area contributed by atoms with E-state index >= 15 is 0 Å². The molecule has 0 aliphatic carbocycles. The number of carboxylic acids is 1. The van der Waals surface area contributed by atoms with E-state index in [9.17, 15) is 4.79 Å². The summed E-state index contributed by atoms with van der Waals surface area (Å²) < 4.78 is 0. The van der Waals surface area contributed by atoms with Crippen LogP contribution in [-0.2, 0) is 4.79 Å². The molecule has 15 heavy (non-hydrogen) atoms. The minimum Gasteiger partial charge on any atom is -0.481 e. The molecule has 1 rings (SSSR count). The highest BCUT2D eigenvalue weighted by molar-refractivity contribution is 6.30. The maximum absolute atomic E-state index is 10.7. The van der Waals surface area contributed by atoms with Crippen molar-refractivity contribution in [1.82, 2.24) is 0 Å². The molecule has 0 saturated carbocycles. The molecule has 0 fully saturated rings. The van der Waals surface area contributed by atoms with Crippen molar-refractivity contribution in [2.75, 3.05) is 0 Å². The zero-order chi connectivity index (χ0) is 11.4. The molecule has 3 heteroatoms. The van der Waals surface area contributed by atoms with Crippen LogP contribution in [0.5, 0.6) is 0 Å². The normalized spacial score (nSPS) is 12.8. The highest BCUT2D eigenvalue weighted by Gasteiger charge is 2.18. The lowest BCUT2D eigenvalue weighted by Crippen LogP contribution is -2.12. The number of benzene rings is 1. The molecule has 0 aliphatic rings. The van der Waals surface area contributed by atoms with Crippen LogP contribution in [0.1, 0.15) is 31.7 Å². The lowest BCUT2D eigenvalue weighted by atomic mass is 9.86. The topological polar surface area (TPSA) is 37.3 Å². The summed E-state index contributed by atoms with van der Waals surface area (Å²) in [5, 5.41) is 9.50. The molecule has 82 valence electrons. The monoisotopic (exact) mass is 226 g/mol. The number of carbonyl (C=O) groups is 1. The van der Waals surface area contributed by atoms with Gasteiger partial charge in [-0.25, -0.2) is 0 Å². The van der Waals surface area contributed by atoms with Crippen molar-refractivity contribution in [2.24, 2.45) is 5.92 Å². The molecule has 0 amide bonds. The highest BCUT2D eigenvalue weighted by Crippen LogP contribution is 2.28. The van der Waals surface area contributed by atoms with Gasteiger partial charge in [-0.1, -0.05) is 37.6 Å². The van der Waals surface area contributed by atoms with E-state index < -0.39 is 5.97 Å². The number of aliphatic carboxylic acids is 1. The summed E-state index contributed by atoms with van der Waals surface area (Å²) in [6, 6.07) is 7.40. The van der Waals surface area contributed by atoms with Crippen molar-refractivity contribution >= 4 is 17.6 Å². The van der Waals surface area contributed by atoms with Gasteiger partial charge in [0.15, 0.2) is 0 Å². The second-order valence-corrected chi connectivity index (χ2v) is 4.44. The average Bonchev–Trinajstić information content (AvgIpc) is 2.15. The molecule has 0 aromatic heterocycles. The van der Waals surface area contributed by atoms with Crippen LogP contribution in [0.25, 0.3) is 0 Å². The first-order valence-electron chi connectivity index (χ1n) is 4.98. The van der Waals surface area contributed by atoms with E-state index in [1.54, 1.807) is 12.1 Å². The van der Waals surface area contributed by atoms with Gasteiger partial charge in [0.05, 0.1) is 6.42 Å². The second-order valence-electron chi connectivity index (χ2n) is 4.00. The lowest BCUT2D eigenvalue weighted by molar-refractivity contribution is -0.137. The Bertz CT molecular complexity index is 330. The number of hydrogen-bond donors (Lipinski definition) is 1. The number of carboxylic acid groups (broad SMARTS) is 1. The Morgan fingerprint density at radius 3 is 2.27 bits per heavy atom. The van der Waals surface area contributed by atoms with Gasteiger partial charge in [-0.15, -0.1) is 0 Å². The molecule has 0 bridgehead atoms. The van der Waals surface area contributed by atoms with Crippen molar-refractivity contribution in [2.45, 2.75) is 26.2 Å². The third-order valence-corrected chi connectivity index (χ3v) is 2.75. The Hall–Kier alpha value is -1.02. The molecule has 1 atom stereocenters. The Kier molecular flexibility index (Phi) is 4.15. The van der Waals surface area contributed by atoms with Crippen LogP contribution in [0.15, 0.2) is 24.3 Å². The summed E-state index contributed by atoms with van der Waals surface area (Å²) in [7, 11) is 0. The van der Waals surface area contributed by atoms with E-state index in [0.717, 1.165) is 5.56 Å². The molecular weight excluding hydrogens is 212 g/mol. The number of hydrogen-bond acceptors (Lipinski definition) is 1. The van der Waals surface area contributed by atoms with E-state index in [4.69, 9.17) is 16.7 Å². The van der Waals surface area contributed by atoms with E-state index in [2.05, 4.69) is 0 Å². The van der Waals surface area contributed by atoms with Crippen LogP contribution in [0, 0.1) is 5.92 Å². The fourth-order valence-corrected chi connectivity index (χ4v) is 1.76. The maximum Gasteiger partial charge on any atom is 0.303 e. The highest BCUT2D eigenvalue weighted by atomic mass is 35.5. The fraction of sp³-hybridized carbons (Fsp3) is 0.417. The van der Waals surface area contributed by atoms with Crippen LogP contribution in [-0.4, -0.2) is 11.1 Å². The molecule has 0 spiro atoms. The van der Waals surface area contributed by atoms with E-state index in [1.165, 1.54) is 0 Å². The first-order chi connectivity index (χ1) is 7.00. The Morgan fingerprint density at radius 2 is 1.87 bits per heavy atom. The summed E-state index contributed by atoms with van der Waals surface area (Å²) in [5.74, 6) is -0.398. The quantitative estimate of drug-likeness (QED) is 0.853. The van der Waals surface area contributed by atoms with Crippen molar-refractivity contribution in [3.8, 4) is 0 Å². The van der Waals surface area contributed by atoms with Crippen molar-refractivity contribution in [3.63, 3.8) is 0 Å². The summed E-state index contributed by atoms with van der Waals surface area (Å²) in [4.78, 5) is 10.7. The molecule has 1 aromatic rings. The van der Waals surface area contributed by atoms with Crippen LogP contribution >= 0.6 is 11.6 Å².